The van der Waals surface area contributed by atoms with E-state index in [0.717, 1.165) is 5.56 Å². The van der Waals surface area contributed by atoms with E-state index in [9.17, 15) is 38.9 Å². The largest absolute Gasteiger partial charge is 0.481 e. The van der Waals surface area contributed by atoms with Gasteiger partial charge in [0, 0.05) is 37.2 Å². The van der Waals surface area contributed by atoms with E-state index < -0.39 is 71.0 Å². The van der Waals surface area contributed by atoms with Crippen molar-refractivity contribution in [2.24, 2.45) is 5.92 Å². The smallest absolute Gasteiger partial charge is 0.303 e. The third-order valence-corrected chi connectivity index (χ3v) is 7.76. The molecule has 5 amide bonds. The molecule has 5 N–H and O–H groups in total. The SMILES string of the molecule is CC(C)C[C@H](NC(=O)[C@H](C)NC(=O)CCC(=O)O)C(=O)N1CCC[C@H]1C(=O)N[C@@H](Cc1ccccc1)C(=O)Nc1ccc([N+](=O)[O-])cc1. The fourth-order valence-electron chi connectivity index (χ4n) is 5.32. The fourth-order valence-corrected chi connectivity index (χ4v) is 5.32. The minimum absolute atomic E-state index is 0.0204. The molecule has 1 aliphatic rings. The Kier molecular flexibility index (Phi) is 13.6. The first-order valence-corrected chi connectivity index (χ1v) is 15.8. The van der Waals surface area contributed by atoms with E-state index in [1.165, 1.54) is 36.1 Å². The number of nitrogens with zero attached hydrogens (tertiary/aromatic N) is 2. The van der Waals surface area contributed by atoms with Crippen LogP contribution in [0, 0.1) is 16.0 Å². The number of carbonyl (C=O) groups excluding carboxylic acids is 5. The van der Waals surface area contributed by atoms with Gasteiger partial charge in [0.2, 0.25) is 29.5 Å². The topological polar surface area (TPSA) is 217 Å². The van der Waals surface area contributed by atoms with Crippen molar-refractivity contribution < 1.29 is 38.8 Å². The van der Waals surface area contributed by atoms with Crippen LogP contribution >= 0.6 is 0 Å². The van der Waals surface area contributed by atoms with E-state index in [4.69, 9.17) is 5.11 Å². The molecule has 15 heteroatoms. The molecular weight excluding hydrogens is 624 g/mol. The number of anilines is 1. The van der Waals surface area contributed by atoms with Gasteiger partial charge in [0.25, 0.3) is 5.69 Å². The molecule has 0 aliphatic carbocycles. The van der Waals surface area contributed by atoms with Crippen LogP contribution in [0.1, 0.15) is 58.4 Å². The van der Waals surface area contributed by atoms with Crippen LogP contribution in [-0.4, -0.2) is 81.1 Å². The number of nitrogens with one attached hydrogen (secondary N) is 4. The van der Waals surface area contributed by atoms with Crippen molar-refractivity contribution in [1.29, 1.82) is 0 Å². The summed E-state index contributed by atoms with van der Waals surface area (Å²) in [6, 6.07) is 10.3. The summed E-state index contributed by atoms with van der Waals surface area (Å²) in [5.41, 5.74) is 0.926. The molecule has 1 aliphatic heterocycles. The van der Waals surface area contributed by atoms with E-state index in [0.29, 0.717) is 18.5 Å². The molecule has 3 rings (SSSR count). The molecule has 0 saturated carbocycles. The molecule has 2 aromatic carbocycles. The normalized spacial score (nSPS) is 15.9. The summed E-state index contributed by atoms with van der Waals surface area (Å²) in [6.07, 6.45) is 0.539. The van der Waals surface area contributed by atoms with Gasteiger partial charge in [0.05, 0.1) is 11.3 Å². The summed E-state index contributed by atoms with van der Waals surface area (Å²) in [6.45, 7) is 5.41. The van der Waals surface area contributed by atoms with Gasteiger partial charge in [0.15, 0.2) is 0 Å². The maximum absolute atomic E-state index is 13.8. The summed E-state index contributed by atoms with van der Waals surface area (Å²) in [5, 5.41) is 30.4. The van der Waals surface area contributed by atoms with Gasteiger partial charge < -0.3 is 31.3 Å². The number of hydrogen-bond donors (Lipinski definition) is 5. The molecule has 0 spiro atoms. The highest BCUT2D eigenvalue weighted by Crippen LogP contribution is 2.22. The zero-order chi connectivity index (χ0) is 35.4. The first-order valence-electron chi connectivity index (χ1n) is 15.8. The maximum Gasteiger partial charge on any atom is 0.303 e. The van der Waals surface area contributed by atoms with Crippen LogP contribution < -0.4 is 21.3 Å². The third-order valence-electron chi connectivity index (χ3n) is 7.76. The second-order valence-corrected chi connectivity index (χ2v) is 12.1. The predicted octanol–water partition coefficient (Wildman–Crippen LogP) is 2.15. The lowest BCUT2D eigenvalue weighted by atomic mass is 10.0. The van der Waals surface area contributed by atoms with Crippen LogP contribution in [-0.2, 0) is 35.2 Å². The lowest BCUT2D eigenvalue weighted by Crippen LogP contribution is -2.57. The Hall–Kier alpha value is -5.34. The lowest BCUT2D eigenvalue weighted by molar-refractivity contribution is -0.384. The Morgan fingerprint density at radius 1 is 0.896 bits per heavy atom. The number of non-ortho nitro benzene ring substituents is 1. The average molecular weight is 667 g/mol. The van der Waals surface area contributed by atoms with Crippen molar-refractivity contribution in [1.82, 2.24) is 20.9 Å². The second kappa shape index (κ2) is 17.5. The molecule has 1 fully saturated rings. The predicted molar refractivity (Wildman–Crippen MR) is 174 cm³/mol. The monoisotopic (exact) mass is 666 g/mol. The minimum atomic E-state index is -1.15. The van der Waals surface area contributed by atoms with Gasteiger partial charge in [-0.15, -0.1) is 0 Å². The van der Waals surface area contributed by atoms with Crippen LogP contribution in [0.5, 0.6) is 0 Å². The maximum atomic E-state index is 13.8. The molecule has 4 atom stereocenters. The van der Waals surface area contributed by atoms with E-state index in [1.807, 2.05) is 19.9 Å². The Balaban J connectivity index is 1.74. The van der Waals surface area contributed by atoms with E-state index in [2.05, 4.69) is 21.3 Å². The number of carboxylic acids is 1. The molecule has 2 aromatic rings. The quantitative estimate of drug-likeness (QED) is 0.131. The first-order chi connectivity index (χ1) is 22.7. The summed E-state index contributed by atoms with van der Waals surface area (Å²) < 4.78 is 0. The van der Waals surface area contributed by atoms with Gasteiger partial charge in [-0.1, -0.05) is 44.2 Å². The number of benzene rings is 2. The Bertz CT molecular complexity index is 1480. The molecule has 1 saturated heterocycles. The molecule has 0 aromatic heterocycles. The van der Waals surface area contributed by atoms with Gasteiger partial charge in [-0.25, -0.2) is 0 Å². The number of nitro benzene ring substituents is 1. The number of carbonyl (C=O) groups is 6. The molecule has 0 bridgehead atoms. The number of hydrogen-bond acceptors (Lipinski definition) is 8. The van der Waals surface area contributed by atoms with Crippen LogP contribution in [0.3, 0.4) is 0 Å². The highest BCUT2D eigenvalue weighted by atomic mass is 16.6. The van der Waals surface area contributed by atoms with Crippen LogP contribution in [0.4, 0.5) is 11.4 Å². The number of nitro groups is 1. The summed E-state index contributed by atoms with van der Waals surface area (Å²) >= 11 is 0. The Morgan fingerprint density at radius 2 is 1.56 bits per heavy atom. The van der Waals surface area contributed by atoms with Crippen molar-refractivity contribution >= 4 is 46.9 Å². The molecule has 0 unspecified atom stereocenters. The van der Waals surface area contributed by atoms with Gasteiger partial charge in [-0.05, 0) is 49.8 Å². The van der Waals surface area contributed by atoms with E-state index >= 15 is 0 Å². The van der Waals surface area contributed by atoms with E-state index in [1.54, 1.807) is 24.3 Å². The number of amides is 5. The number of likely N-dealkylation sites (tertiary alicyclic amines) is 1. The van der Waals surface area contributed by atoms with Gasteiger partial charge in [-0.3, -0.25) is 38.9 Å². The highest BCUT2D eigenvalue weighted by molar-refractivity contribution is 5.99. The standard InChI is InChI=1S/C33H42N6O9/c1-20(2)18-26(37-30(43)21(3)34-28(40)15-16-29(41)42)33(46)38-17-7-10-27(38)32(45)36-25(19-22-8-5-4-6-9-22)31(44)35-23-11-13-24(14-12-23)39(47)48/h4-6,8-9,11-14,20-21,25-27H,7,10,15-19H2,1-3H3,(H,34,40)(H,35,44)(H,36,45)(H,37,43)(H,41,42)/t21-,25-,26-,27-/m0/s1. The summed E-state index contributed by atoms with van der Waals surface area (Å²) in [4.78, 5) is 88.6. The molecule has 258 valence electrons. The van der Waals surface area contributed by atoms with Gasteiger partial charge >= 0.3 is 5.97 Å². The van der Waals surface area contributed by atoms with Crippen LogP contribution in [0.15, 0.2) is 54.6 Å². The summed E-state index contributed by atoms with van der Waals surface area (Å²) in [7, 11) is 0. The summed E-state index contributed by atoms with van der Waals surface area (Å²) in [5.74, 6) is -4.00. The zero-order valence-electron chi connectivity index (χ0n) is 27.1. The van der Waals surface area contributed by atoms with Gasteiger partial charge in [-0.2, -0.15) is 0 Å². The average Bonchev–Trinajstić information content (AvgIpc) is 3.53. The Morgan fingerprint density at radius 3 is 2.17 bits per heavy atom. The minimum Gasteiger partial charge on any atom is -0.481 e. The van der Waals surface area contributed by atoms with Crippen LogP contribution in [0.2, 0.25) is 0 Å². The third kappa shape index (κ3) is 11.2. The fraction of sp³-hybridized carbons (Fsp3) is 0.455. The number of aliphatic carboxylic acids is 1. The Labute approximate surface area is 278 Å². The molecular formula is C33H42N6O9. The zero-order valence-corrected chi connectivity index (χ0v) is 27.1. The van der Waals surface area contributed by atoms with Crippen molar-refractivity contribution in [2.75, 3.05) is 11.9 Å². The first kappa shape index (κ1) is 37.1. The molecule has 15 nitrogen and oxygen atoms in total. The number of rotatable bonds is 16. The lowest BCUT2D eigenvalue weighted by Gasteiger charge is -2.31. The second-order valence-electron chi connectivity index (χ2n) is 12.1. The molecule has 48 heavy (non-hydrogen) atoms. The van der Waals surface area contributed by atoms with Crippen molar-refractivity contribution in [2.45, 2.75) is 83.5 Å². The van der Waals surface area contributed by atoms with Crippen LogP contribution in [0.25, 0.3) is 0 Å². The highest BCUT2D eigenvalue weighted by Gasteiger charge is 2.39. The number of carboxylic acid groups (broad SMARTS) is 1. The van der Waals surface area contributed by atoms with E-state index in [-0.39, 0.29) is 37.4 Å². The molecule has 1 heterocycles. The molecule has 0 radical (unpaired) electrons. The van der Waals surface area contributed by atoms with Gasteiger partial charge in [0.1, 0.15) is 24.2 Å². The van der Waals surface area contributed by atoms with Crippen molar-refractivity contribution in [3.8, 4) is 0 Å². The van der Waals surface area contributed by atoms with Crippen molar-refractivity contribution in [3.05, 3.63) is 70.3 Å². The van der Waals surface area contributed by atoms with Crippen molar-refractivity contribution in [3.63, 3.8) is 0 Å².